The van der Waals surface area contributed by atoms with Crippen LogP contribution in [0.2, 0.25) is 0 Å². The second-order valence-electron chi connectivity index (χ2n) is 28.2. The van der Waals surface area contributed by atoms with Crippen LogP contribution in [0.1, 0.15) is 455 Å². The van der Waals surface area contributed by atoms with E-state index in [2.05, 4.69) is 106 Å². The summed E-state index contributed by atoms with van der Waals surface area (Å²) < 4.78 is 1.69. The van der Waals surface area contributed by atoms with E-state index < -0.39 is 0 Å². The van der Waals surface area contributed by atoms with Gasteiger partial charge in [0.15, 0.2) is 0 Å². The Balaban J connectivity index is 0.00000166. The molecule has 1 aliphatic rings. The summed E-state index contributed by atoms with van der Waals surface area (Å²) in [6.07, 6.45) is 81.8. The molecule has 0 saturated heterocycles. The van der Waals surface area contributed by atoms with Crippen LogP contribution in [0.3, 0.4) is 0 Å². The first-order valence-corrected chi connectivity index (χ1v) is 40.6. The molecule has 1 heterocycles. The number of hydrogen-bond acceptors (Lipinski definition) is 0. The fraction of sp³-hybridized carbons (Fsp3) is 0.793. The van der Waals surface area contributed by atoms with Crippen LogP contribution >= 0.6 is 0 Å². The molecule has 3 heteroatoms. The third kappa shape index (κ3) is 47.0. The maximum Gasteiger partial charge on any atom is 2.00 e. The van der Waals surface area contributed by atoms with Crippen LogP contribution in [-0.4, -0.2) is 4.70 Å². The van der Waals surface area contributed by atoms with Crippen molar-refractivity contribution in [3.05, 3.63) is 100 Å². The molecule has 0 fully saturated rings. The summed E-state index contributed by atoms with van der Waals surface area (Å²) in [7, 11) is 0. The first-order chi connectivity index (χ1) is 43.8. The maximum atomic E-state index is 12.7. The van der Waals surface area contributed by atoms with Crippen molar-refractivity contribution >= 4 is 11.4 Å². The summed E-state index contributed by atoms with van der Waals surface area (Å²) in [5.74, 6) is 0. The Labute approximate surface area is 576 Å². The minimum atomic E-state index is 0. The van der Waals surface area contributed by atoms with E-state index in [1.807, 2.05) is 0 Å². The van der Waals surface area contributed by atoms with E-state index in [1.54, 1.807) is 4.70 Å². The molecule has 0 unspecified atom stereocenters. The van der Waals surface area contributed by atoms with Gasteiger partial charge in [0.2, 0.25) is 11.4 Å². The van der Waals surface area contributed by atoms with Gasteiger partial charge in [0, 0.05) is 22.3 Å². The summed E-state index contributed by atoms with van der Waals surface area (Å²) in [6, 6.07) is 14.7. The molecule has 90 heavy (non-hydrogen) atoms. The van der Waals surface area contributed by atoms with Crippen LogP contribution in [0.15, 0.2) is 47.5 Å². The largest absolute Gasteiger partial charge is 2.00 e. The molecular formula is C87H156N2Ni. The second kappa shape index (κ2) is 67.0. The van der Waals surface area contributed by atoms with E-state index in [-0.39, 0.29) is 16.5 Å². The second-order valence-corrected chi connectivity index (χ2v) is 28.2. The Bertz CT molecular complexity index is 1820. The Hall–Kier alpha value is -1.99. The molecule has 2 aromatic carbocycles. The summed E-state index contributed by atoms with van der Waals surface area (Å²) in [4.78, 5) is 0. The molecule has 0 N–H and O–H groups in total. The van der Waals surface area contributed by atoms with Gasteiger partial charge in [-0.05, 0) is 124 Å². The van der Waals surface area contributed by atoms with Crippen LogP contribution in [0.5, 0.6) is 0 Å². The summed E-state index contributed by atoms with van der Waals surface area (Å²) in [5, 5.41) is 0. The summed E-state index contributed by atoms with van der Waals surface area (Å²) >= 11 is 0. The van der Waals surface area contributed by atoms with Crippen molar-refractivity contribution < 1.29 is 21.2 Å². The zero-order valence-corrected chi connectivity index (χ0v) is 63.2. The topological polar surface area (TPSA) is 25.3 Å². The third-order valence-electron chi connectivity index (χ3n) is 19.3. The van der Waals surface area contributed by atoms with Gasteiger partial charge in [-0.2, -0.15) is 12.8 Å². The van der Waals surface area contributed by atoms with E-state index in [9.17, 15) is 5.53 Å². The van der Waals surface area contributed by atoms with Crippen molar-refractivity contribution in [1.82, 2.24) is 0 Å². The molecule has 1 aliphatic heterocycles. The minimum Gasteiger partial charge on any atom is -0.493 e. The van der Waals surface area contributed by atoms with Gasteiger partial charge >= 0.3 is 16.5 Å². The molecule has 0 spiro atoms. The van der Waals surface area contributed by atoms with E-state index in [1.165, 1.54) is 385 Å². The molecule has 0 aliphatic carbocycles. The number of benzene rings is 2. The molecule has 0 amide bonds. The van der Waals surface area contributed by atoms with Gasteiger partial charge in [0.1, 0.15) is 0 Å². The average molecular weight is 1290 g/mol. The van der Waals surface area contributed by atoms with Gasteiger partial charge in [0.25, 0.3) is 0 Å². The van der Waals surface area contributed by atoms with Crippen molar-refractivity contribution in [1.29, 1.82) is 0 Å². The zero-order chi connectivity index (χ0) is 64.7. The minimum absolute atomic E-state index is 0. The normalized spacial score (nSPS) is 12.2. The van der Waals surface area contributed by atoms with Gasteiger partial charge in [-0.25, -0.2) is 4.70 Å². The fourth-order valence-corrected chi connectivity index (χ4v) is 13.5. The molecule has 0 saturated carbocycles. The molecule has 0 radical (unpaired) electrons. The zero-order valence-electron chi connectivity index (χ0n) is 62.2. The Morgan fingerprint density at radius 3 is 0.600 bits per heavy atom. The first-order valence-electron chi connectivity index (χ1n) is 40.6. The number of rotatable bonds is 61. The Morgan fingerprint density at radius 1 is 0.233 bits per heavy atom. The van der Waals surface area contributed by atoms with Crippen LogP contribution in [0, 0.1) is 13.8 Å². The molecule has 2 aromatic rings. The van der Waals surface area contributed by atoms with Gasteiger partial charge in [-0.3, -0.25) is 0 Å². The quantitative estimate of drug-likeness (QED) is 0.0273. The SMILES string of the molecule is CCCCCCCCCC1=C(c2cc(CCCC)cc(CCCC)c2)[N+](=[N-])C(c2cc(CCCC)cc(CCCC)c2)=C1CCCCCCCC.[CH2-]CCCCCCCCCCCCCCCCCC.[CH2-]CCCCCCCCCCCCCCCCCC.[Ni+2]. The van der Waals surface area contributed by atoms with Crippen LogP contribution < -0.4 is 0 Å². The van der Waals surface area contributed by atoms with E-state index in [4.69, 9.17) is 0 Å². The molecule has 0 bridgehead atoms. The predicted octanol–water partition coefficient (Wildman–Crippen LogP) is 31.1. The maximum absolute atomic E-state index is 12.7. The third-order valence-corrected chi connectivity index (χ3v) is 19.3. The Morgan fingerprint density at radius 2 is 0.411 bits per heavy atom. The van der Waals surface area contributed by atoms with E-state index >= 15 is 0 Å². The van der Waals surface area contributed by atoms with Crippen molar-refractivity contribution in [3.63, 3.8) is 0 Å². The first kappa shape index (κ1) is 88.0. The summed E-state index contributed by atoms with van der Waals surface area (Å²) in [5.41, 5.74) is 25.9. The molecule has 0 aromatic heterocycles. The Kier molecular flexibility index (Phi) is 65.5. The monoisotopic (exact) mass is 1290 g/mol. The van der Waals surface area contributed by atoms with Crippen LogP contribution in [-0.2, 0) is 42.2 Å². The molecule has 2 nitrogen and oxygen atoms in total. The molecule has 3 rings (SSSR count). The van der Waals surface area contributed by atoms with Crippen LogP contribution in [0.25, 0.3) is 16.9 Å². The van der Waals surface area contributed by atoms with Crippen molar-refractivity contribution in [3.8, 4) is 0 Å². The van der Waals surface area contributed by atoms with Gasteiger partial charge in [-0.1, -0.05) is 369 Å². The number of unbranched alkanes of at least 4 members (excludes halogenated alkanes) is 47. The van der Waals surface area contributed by atoms with Gasteiger partial charge in [0.05, 0.1) is 0 Å². The number of nitrogens with zero attached hydrogens (tertiary/aromatic N) is 2. The predicted molar refractivity (Wildman–Crippen MR) is 404 cm³/mol. The van der Waals surface area contributed by atoms with E-state index in [0.29, 0.717) is 0 Å². The number of allylic oxidation sites excluding steroid dienone is 2. The van der Waals surface area contributed by atoms with Crippen molar-refractivity contribution in [2.45, 2.75) is 447 Å². The van der Waals surface area contributed by atoms with Crippen molar-refractivity contribution in [2.24, 2.45) is 0 Å². The number of hydrogen-bond donors (Lipinski definition) is 0. The standard InChI is InChI=1S/C49H78N2.2C19H39.Ni/c1-7-13-19-21-23-25-27-33-47-46(32-26-24-22-20-14-8-2)48(44-36-40(28-15-9-3)34-41(37-44)29-16-10-4)51(50)49(47)45-38-42(30-17-11-5)35-43(39-45)31-18-12-6;2*1-3-5-7-9-11-13-15-17-19-18-16-14-12-10-8-6-4-2;/h34-39H,7-33H2,1-6H3;2*1,3-19H2,2H3;/q;2*-1;+2. The van der Waals surface area contributed by atoms with E-state index in [0.717, 1.165) is 62.8 Å². The molecular weight excluding hydrogens is 1130 g/mol. The smallest absolute Gasteiger partial charge is 0.493 e. The van der Waals surface area contributed by atoms with Gasteiger partial charge < -0.3 is 19.4 Å². The summed E-state index contributed by atoms with van der Waals surface area (Å²) in [6.45, 7) is 26.2. The van der Waals surface area contributed by atoms with Crippen molar-refractivity contribution in [2.75, 3.05) is 0 Å². The molecule has 0 atom stereocenters. The van der Waals surface area contributed by atoms with Crippen LogP contribution in [0.4, 0.5) is 0 Å². The fourth-order valence-electron chi connectivity index (χ4n) is 13.5. The number of aryl methyl sites for hydroxylation is 4. The average Bonchev–Trinajstić information content (AvgIpc) is 3.11. The van der Waals surface area contributed by atoms with Gasteiger partial charge in [-0.15, -0.1) is 0 Å². The molecule has 524 valence electrons.